The average molecular weight is 258 g/mol. The van der Waals surface area contributed by atoms with E-state index in [1.807, 2.05) is 0 Å². The molecule has 1 fully saturated rings. The lowest BCUT2D eigenvalue weighted by atomic mass is 10.1. The molecule has 0 aromatic heterocycles. The van der Waals surface area contributed by atoms with Gasteiger partial charge in [-0.05, 0) is 19.3 Å². The van der Waals surface area contributed by atoms with Gasteiger partial charge in [0, 0.05) is 11.5 Å². The third-order valence-corrected chi connectivity index (χ3v) is 5.05. The van der Waals surface area contributed by atoms with Crippen LogP contribution < -0.4 is 0 Å². The van der Waals surface area contributed by atoms with Crippen molar-refractivity contribution >= 4 is 11.8 Å². The Kier molecular flexibility index (Phi) is 8.38. The molecule has 1 nitrogen and oxygen atoms in total. The van der Waals surface area contributed by atoms with E-state index in [1.54, 1.807) is 0 Å². The van der Waals surface area contributed by atoms with Gasteiger partial charge in [-0.1, -0.05) is 39.5 Å². The van der Waals surface area contributed by atoms with Gasteiger partial charge in [0.05, 0.1) is 26.2 Å². The monoisotopic (exact) mass is 258 g/mol. The molecule has 0 N–H and O–H groups in total. The van der Waals surface area contributed by atoms with Crippen molar-refractivity contribution in [3.05, 3.63) is 0 Å². The third-order valence-electron chi connectivity index (χ3n) is 4.10. The zero-order valence-corrected chi connectivity index (χ0v) is 12.9. The molecular formula is C15H32NS+. The predicted octanol–water partition coefficient (Wildman–Crippen LogP) is 4.32. The molecule has 1 rings (SSSR count). The fourth-order valence-corrected chi connectivity index (χ4v) is 4.23. The molecule has 2 heteroatoms. The number of hydrogen-bond donors (Lipinski definition) is 0. The number of hydrogen-bond acceptors (Lipinski definition) is 1. The van der Waals surface area contributed by atoms with Crippen LogP contribution in [0.5, 0.6) is 0 Å². The number of rotatable bonds is 9. The Morgan fingerprint density at radius 1 is 0.765 bits per heavy atom. The van der Waals surface area contributed by atoms with Crippen LogP contribution in [-0.2, 0) is 0 Å². The summed E-state index contributed by atoms with van der Waals surface area (Å²) in [5.74, 6) is 2.80. The van der Waals surface area contributed by atoms with E-state index in [0.29, 0.717) is 0 Å². The maximum Gasteiger partial charge on any atom is 0.0878 e. The summed E-state index contributed by atoms with van der Waals surface area (Å²) in [5, 5.41) is 0. The topological polar surface area (TPSA) is 0 Å². The molecule has 0 aromatic rings. The fraction of sp³-hybridized carbons (Fsp3) is 1.00. The molecule has 0 amide bonds. The van der Waals surface area contributed by atoms with Crippen molar-refractivity contribution in [3.8, 4) is 0 Å². The van der Waals surface area contributed by atoms with Crippen molar-refractivity contribution in [2.24, 2.45) is 0 Å². The maximum atomic E-state index is 2.35. The Hall–Kier alpha value is 0.310. The third kappa shape index (κ3) is 6.15. The molecule has 102 valence electrons. The zero-order chi connectivity index (χ0) is 12.4. The molecular weight excluding hydrogens is 226 g/mol. The molecule has 17 heavy (non-hydrogen) atoms. The van der Waals surface area contributed by atoms with Crippen LogP contribution in [0.15, 0.2) is 0 Å². The fourth-order valence-electron chi connectivity index (χ4n) is 2.99. The Morgan fingerprint density at radius 3 is 2.06 bits per heavy atom. The van der Waals surface area contributed by atoms with Crippen LogP contribution in [0.25, 0.3) is 0 Å². The summed E-state index contributed by atoms with van der Waals surface area (Å²) < 4.78 is 1.44. The van der Waals surface area contributed by atoms with Crippen LogP contribution in [0.1, 0.15) is 58.8 Å². The second-order valence-corrected chi connectivity index (χ2v) is 6.84. The summed E-state index contributed by atoms with van der Waals surface area (Å²) in [6.45, 7) is 10.4. The van der Waals surface area contributed by atoms with E-state index in [9.17, 15) is 0 Å². The average Bonchev–Trinajstić information content (AvgIpc) is 2.35. The van der Waals surface area contributed by atoms with E-state index in [4.69, 9.17) is 0 Å². The van der Waals surface area contributed by atoms with Crippen molar-refractivity contribution in [2.45, 2.75) is 58.8 Å². The maximum absolute atomic E-state index is 2.35. The van der Waals surface area contributed by atoms with Gasteiger partial charge in [0.25, 0.3) is 0 Å². The highest BCUT2D eigenvalue weighted by Gasteiger charge is 2.28. The van der Waals surface area contributed by atoms with E-state index < -0.39 is 0 Å². The van der Waals surface area contributed by atoms with Gasteiger partial charge in [-0.3, -0.25) is 0 Å². The Balaban J connectivity index is 2.15. The van der Waals surface area contributed by atoms with Crippen molar-refractivity contribution in [2.75, 3.05) is 37.7 Å². The van der Waals surface area contributed by atoms with Crippen molar-refractivity contribution in [3.63, 3.8) is 0 Å². The minimum atomic E-state index is 1.36. The van der Waals surface area contributed by atoms with Gasteiger partial charge in [0.1, 0.15) is 0 Å². The Morgan fingerprint density at radius 2 is 1.41 bits per heavy atom. The summed E-state index contributed by atoms with van der Waals surface area (Å²) in [5.41, 5.74) is 0. The summed E-state index contributed by atoms with van der Waals surface area (Å²) in [4.78, 5) is 0. The Bertz CT molecular complexity index is 170. The molecule has 0 saturated carbocycles. The highest BCUT2D eigenvalue weighted by atomic mass is 32.2. The van der Waals surface area contributed by atoms with Gasteiger partial charge in [-0.25, -0.2) is 0 Å². The molecule has 0 bridgehead atoms. The van der Waals surface area contributed by atoms with Gasteiger partial charge in [0.15, 0.2) is 0 Å². The number of thioether (sulfide) groups is 1. The van der Waals surface area contributed by atoms with Crippen LogP contribution >= 0.6 is 11.8 Å². The summed E-state index contributed by atoms with van der Waals surface area (Å²) >= 11 is 2.16. The lowest BCUT2D eigenvalue weighted by molar-refractivity contribution is -0.925. The van der Waals surface area contributed by atoms with Gasteiger partial charge in [-0.2, -0.15) is 11.8 Å². The van der Waals surface area contributed by atoms with Gasteiger partial charge in [-0.15, -0.1) is 0 Å². The zero-order valence-electron chi connectivity index (χ0n) is 12.0. The van der Waals surface area contributed by atoms with Crippen LogP contribution in [0.2, 0.25) is 0 Å². The van der Waals surface area contributed by atoms with Crippen LogP contribution in [0.3, 0.4) is 0 Å². The van der Waals surface area contributed by atoms with E-state index >= 15 is 0 Å². The molecule has 1 saturated heterocycles. The highest BCUT2D eigenvalue weighted by Crippen LogP contribution is 2.20. The SMILES string of the molecule is CCCCCCCC[N+]1(CCC)CCSCC1. The van der Waals surface area contributed by atoms with E-state index in [1.165, 1.54) is 87.1 Å². The van der Waals surface area contributed by atoms with Gasteiger partial charge >= 0.3 is 0 Å². The molecule has 1 heterocycles. The molecule has 0 aromatic carbocycles. The van der Waals surface area contributed by atoms with Crippen molar-refractivity contribution in [1.29, 1.82) is 0 Å². The summed E-state index contributed by atoms with van der Waals surface area (Å²) in [7, 11) is 0. The van der Waals surface area contributed by atoms with Crippen molar-refractivity contribution < 1.29 is 4.48 Å². The number of quaternary nitrogens is 1. The molecule has 1 aliphatic rings. The highest BCUT2D eigenvalue weighted by molar-refractivity contribution is 7.99. The molecule has 0 atom stereocenters. The van der Waals surface area contributed by atoms with Crippen LogP contribution in [-0.4, -0.2) is 42.2 Å². The summed E-state index contributed by atoms with van der Waals surface area (Å²) in [6, 6.07) is 0. The van der Waals surface area contributed by atoms with Crippen molar-refractivity contribution in [1.82, 2.24) is 0 Å². The van der Waals surface area contributed by atoms with E-state index in [2.05, 4.69) is 25.6 Å². The lowest BCUT2D eigenvalue weighted by Crippen LogP contribution is -2.54. The quantitative estimate of drug-likeness (QED) is 0.438. The molecule has 0 spiro atoms. The van der Waals surface area contributed by atoms with Crippen LogP contribution in [0, 0.1) is 0 Å². The first-order valence-corrected chi connectivity index (χ1v) is 8.91. The second kappa shape index (κ2) is 9.27. The largest absolute Gasteiger partial charge is 0.322 e. The van der Waals surface area contributed by atoms with Gasteiger partial charge < -0.3 is 4.48 Å². The standard InChI is InChI=1S/C15H32NS/c1-3-5-6-7-8-9-11-16(10-4-2)12-14-17-15-13-16/h3-15H2,1-2H3/q+1. The first-order valence-electron chi connectivity index (χ1n) is 7.76. The van der Waals surface area contributed by atoms with Crippen LogP contribution in [0.4, 0.5) is 0 Å². The first kappa shape index (κ1) is 15.4. The van der Waals surface area contributed by atoms with Gasteiger partial charge in [0.2, 0.25) is 0 Å². The summed E-state index contributed by atoms with van der Waals surface area (Å²) in [6.07, 6.45) is 10.0. The van der Waals surface area contributed by atoms with E-state index in [-0.39, 0.29) is 0 Å². The number of nitrogens with zero attached hydrogens (tertiary/aromatic N) is 1. The molecule has 0 radical (unpaired) electrons. The minimum absolute atomic E-state index is 1.36. The smallest absolute Gasteiger partial charge is 0.0878 e. The second-order valence-electron chi connectivity index (χ2n) is 5.62. The molecule has 1 aliphatic heterocycles. The Labute approximate surface area is 113 Å². The van der Waals surface area contributed by atoms with E-state index in [0.717, 1.165) is 0 Å². The number of unbranched alkanes of at least 4 members (excludes halogenated alkanes) is 5. The minimum Gasteiger partial charge on any atom is -0.322 e. The molecule has 0 unspecified atom stereocenters. The first-order chi connectivity index (χ1) is 8.33. The molecule has 0 aliphatic carbocycles. The normalized spacial score (nSPS) is 19.4. The lowest BCUT2D eigenvalue weighted by Gasteiger charge is -2.41. The predicted molar refractivity (Wildman–Crippen MR) is 80.7 cm³/mol.